The van der Waals surface area contributed by atoms with Gasteiger partial charge in [-0.2, -0.15) is 4.98 Å². The van der Waals surface area contributed by atoms with Crippen molar-refractivity contribution in [1.29, 1.82) is 0 Å². The molecule has 0 unspecified atom stereocenters. The highest BCUT2D eigenvalue weighted by Gasteiger charge is 2.24. The van der Waals surface area contributed by atoms with Crippen LogP contribution in [0.5, 0.6) is 0 Å². The maximum absolute atomic E-state index is 12.4. The lowest BCUT2D eigenvalue weighted by atomic mass is 9.96. The van der Waals surface area contributed by atoms with Crippen LogP contribution in [0.1, 0.15) is 54.6 Å². The van der Waals surface area contributed by atoms with Gasteiger partial charge in [0.05, 0.1) is 12.9 Å². The fourth-order valence-electron chi connectivity index (χ4n) is 4.05. The fraction of sp³-hybridized carbons (Fsp3) is 0.700. The highest BCUT2D eigenvalue weighted by Crippen LogP contribution is 2.26. The molecule has 152 valence electrons. The number of hydrogen-bond acceptors (Lipinski definition) is 7. The van der Waals surface area contributed by atoms with Gasteiger partial charge in [0.15, 0.2) is 5.82 Å². The maximum atomic E-state index is 12.4. The number of hydrogen-bond donors (Lipinski definition) is 0. The van der Waals surface area contributed by atoms with Gasteiger partial charge >= 0.3 is 0 Å². The second kappa shape index (κ2) is 8.53. The lowest BCUT2D eigenvalue weighted by Gasteiger charge is -2.31. The average molecular weight is 387 g/mol. The van der Waals surface area contributed by atoms with Gasteiger partial charge in [-0.25, -0.2) is 4.98 Å². The van der Waals surface area contributed by atoms with E-state index in [1.54, 1.807) is 10.9 Å². The Morgan fingerprint density at radius 1 is 1.14 bits per heavy atom. The predicted octanol–water partition coefficient (Wildman–Crippen LogP) is 2.05. The van der Waals surface area contributed by atoms with E-state index in [0.29, 0.717) is 11.8 Å². The predicted molar refractivity (Wildman–Crippen MR) is 103 cm³/mol. The summed E-state index contributed by atoms with van der Waals surface area (Å²) in [4.78, 5) is 23.7. The summed E-state index contributed by atoms with van der Waals surface area (Å²) in [5.41, 5.74) is 1.65. The molecule has 0 saturated carbocycles. The van der Waals surface area contributed by atoms with E-state index in [-0.39, 0.29) is 5.56 Å². The van der Waals surface area contributed by atoms with Crippen molar-refractivity contribution in [2.75, 3.05) is 26.3 Å². The zero-order valence-electron chi connectivity index (χ0n) is 16.8. The smallest absolute Gasteiger partial charge is 0.256 e. The Morgan fingerprint density at radius 2 is 1.89 bits per heavy atom. The van der Waals surface area contributed by atoms with E-state index < -0.39 is 0 Å². The van der Waals surface area contributed by atoms with E-state index in [1.165, 1.54) is 0 Å². The fourth-order valence-corrected chi connectivity index (χ4v) is 4.05. The minimum atomic E-state index is 0.0855. The number of rotatable bonds is 5. The number of nitrogens with zero attached hydrogens (tertiary/aromatic N) is 5. The number of piperidine rings is 1. The van der Waals surface area contributed by atoms with Gasteiger partial charge < -0.3 is 9.26 Å². The van der Waals surface area contributed by atoms with Crippen molar-refractivity contribution in [2.24, 2.45) is 5.92 Å². The van der Waals surface area contributed by atoms with Crippen molar-refractivity contribution >= 4 is 0 Å². The van der Waals surface area contributed by atoms with Crippen LogP contribution in [0, 0.1) is 19.8 Å². The van der Waals surface area contributed by atoms with Crippen LogP contribution in [0.15, 0.2) is 15.6 Å². The Kier molecular flexibility index (Phi) is 5.87. The topological polar surface area (TPSA) is 86.3 Å². The number of aromatic nitrogens is 4. The van der Waals surface area contributed by atoms with E-state index in [1.807, 2.05) is 13.8 Å². The molecular formula is C20H29N5O3. The molecule has 4 rings (SSSR count). The zero-order valence-corrected chi connectivity index (χ0v) is 16.8. The van der Waals surface area contributed by atoms with Crippen LogP contribution in [0.25, 0.3) is 0 Å². The molecule has 2 aliphatic heterocycles. The minimum Gasteiger partial charge on any atom is -0.381 e. The summed E-state index contributed by atoms with van der Waals surface area (Å²) in [5.74, 6) is 2.37. The third kappa shape index (κ3) is 4.33. The van der Waals surface area contributed by atoms with E-state index >= 15 is 0 Å². The quantitative estimate of drug-likeness (QED) is 0.776. The Bertz CT molecular complexity index is 848. The third-order valence-electron chi connectivity index (χ3n) is 6.10. The lowest BCUT2D eigenvalue weighted by Crippen LogP contribution is -2.36. The Morgan fingerprint density at radius 3 is 2.64 bits per heavy atom. The number of likely N-dealkylation sites (tertiary alicyclic amines) is 1. The summed E-state index contributed by atoms with van der Waals surface area (Å²) in [6.07, 6.45) is 5.72. The Hall–Kier alpha value is -2.06. The Balaban J connectivity index is 1.28. The average Bonchev–Trinajstić information content (AvgIpc) is 3.19. The SMILES string of the molecule is Cc1ncn(CC2CCN(Cc3noc(C4CCOCC4)n3)CC2)c(=O)c1C. The van der Waals surface area contributed by atoms with Crippen LogP contribution < -0.4 is 5.56 Å². The molecule has 0 bridgehead atoms. The van der Waals surface area contributed by atoms with Crippen LogP contribution in [0.4, 0.5) is 0 Å². The normalized spacial score (nSPS) is 19.9. The molecule has 0 N–H and O–H groups in total. The lowest BCUT2D eigenvalue weighted by molar-refractivity contribution is 0.0778. The van der Waals surface area contributed by atoms with Crippen molar-refractivity contribution in [1.82, 2.24) is 24.6 Å². The largest absolute Gasteiger partial charge is 0.381 e. The molecule has 0 atom stereocenters. The third-order valence-corrected chi connectivity index (χ3v) is 6.10. The van der Waals surface area contributed by atoms with Gasteiger partial charge in [0.2, 0.25) is 5.89 Å². The Labute approximate surface area is 164 Å². The van der Waals surface area contributed by atoms with E-state index in [9.17, 15) is 4.79 Å². The minimum absolute atomic E-state index is 0.0855. The van der Waals surface area contributed by atoms with Crippen molar-refractivity contribution in [3.63, 3.8) is 0 Å². The summed E-state index contributed by atoms with van der Waals surface area (Å²) in [7, 11) is 0. The van der Waals surface area contributed by atoms with Gasteiger partial charge in [-0.05, 0) is 58.5 Å². The van der Waals surface area contributed by atoms with Crippen molar-refractivity contribution in [2.45, 2.75) is 58.5 Å². The number of ether oxygens (including phenoxy) is 1. The first kappa shape index (κ1) is 19.3. The molecule has 2 aliphatic rings. The molecule has 2 saturated heterocycles. The highest BCUT2D eigenvalue weighted by molar-refractivity contribution is 5.12. The van der Waals surface area contributed by atoms with Crippen molar-refractivity contribution in [3.05, 3.63) is 39.7 Å². The van der Waals surface area contributed by atoms with E-state index in [0.717, 1.165) is 88.0 Å². The molecule has 0 aliphatic carbocycles. The van der Waals surface area contributed by atoms with E-state index in [4.69, 9.17) is 9.26 Å². The van der Waals surface area contributed by atoms with Gasteiger partial charge in [-0.15, -0.1) is 0 Å². The summed E-state index contributed by atoms with van der Waals surface area (Å²) in [6.45, 7) is 8.72. The number of aryl methyl sites for hydroxylation is 1. The first-order valence-electron chi connectivity index (χ1n) is 10.3. The van der Waals surface area contributed by atoms with Crippen molar-refractivity contribution < 1.29 is 9.26 Å². The first-order valence-corrected chi connectivity index (χ1v) is 10.3. The van der Waals surface area contributed by atoms with Gasteiger partial charge in [-0.1, -0.05) is 5.16 Å². The zero-order chi connectivity index (χ0) is 19.5. The molecule has 2 fully saturated rings. The second-order valence-corrected chi connectivity index (χ2v) is 8.07. The maximum Gasteiger partial charge on any atom is 0.256 e. The molecule has 0 radical (unpaired) electrons. The molecule has 2 aromatic rings. The summed E-state index contributed by atoms with van der Waals surface area (Å²) in [5, 5.41) is 4.18. The van der Waals surface area contributed by atoms with Crippen LogP contribution in [-0.2, 0) is 17.8 Å². The molecular weight excluding hydrogens is 358 g/mol. The first-order chi connectivity index (χ1) is 13.6. The van der Waals surface area contributed by atoms with Crippen molar-refractivity contribution in [3.8, 4) is 0 Å². The molecule has 0 amide bonds. The molecule has 2 aromatic heterocycles. The van der Waals surface area contributed by atoms with Crippen LogP contribution in [0.2, 0.25) is 0 Å². The van der Waals surface area contributed by atoms with Crippen LogP contribution >= 0.6 is 0 Å². The highest BCUT2D eigenvalue weighted by atomic mass is 16.5. The molecule has 4 heterocycles. The summed E-state index contributed by atoms with van der Waals surface area (Å²) >= 11 is 0. The van der Waals surface area contributed by atoms with Gasteiger partial charge in [0, 0.05) is 36.9 Å². The molecule has 8 nitrogen and oxygen atoms in total. The second-order valence-electron chi connectivity index (χ2n) is 8.07. The molecule has 0 spiro atoms. The van der Waals surface area contributed by atoms with Crippen LogP contribution in [-0.4, -0.2) is 50.9 Å². The summed E-state index contributed by atoms with van der Waals surface area (Å²) < 4.78 is 12.7. The van der Waals surface area contributed by atoms with E-state index in [2.05, 4.69) is 20.0 Å². The van der Waals surface area contributed by atoms with Gasteiger partial charge in [0.1, 0.15) is 0 Å². The van der Waals surface area contributed by atoms with Gasteiger partial charge in [-0.3, -0.25) is 14.3 Å². The van der Waals surface area contributed by atoms with Crippen LogP contribution in [0.3, 0.4) is 0 Å². The van der Waals surface area contributed by atoms with Gasteiger partial charge in [0.25, 0.3) is 5.56 Å². The monoisotopic (exact) mass is 387 g/mol. The standard InChI is InChI=1S/C20H29N5O3/c1-14-15(2)21-13-25(20(14)26)11-16-3-7-24(8-4-16)12-18-22-19(28-23-18)17-5-9-27-10-6-17/h13,16-17H,3-12H2,1-2H3. The molecule has 28 heavy (non-hydrogen) atoms. The molecule has 0 aromatic carbocycles. The summed E-state index contributed by atoms with van der Waals surface area (Å²) in [6, 6.07) is 0. The molecule has 8 heteroatoms.